The van der Waals surface area contributed by atoms with Crippen LogP contribution >= 0.6 is 0 Å². The summed E-state index contributed by atoms with van der Waals surface area (Å²) in [4.78, 5) is 14.4. The van der Waals surface area contributed by atoms with E-state index in [-0.39, 0.29) is 18.4 Å². The highest BCUT2D eigenvalue weighted by molar-refractivity contribution is 5.99. The highest BCUT2D eigenvalue weighted by Crippen LogP contribution is 2.32. The molecule has 0 radical (unpaired) electrons. The van der Waals surface area contributed by atoms with Gasteiger partial charge in [0.15, 0.2) is 0 Å². The molecule has 4 rings (SSSR count). The molecule has 1 saturated heterocycles. The van der Waals surface area contributed by atoms with Crippen molar-refractivity contribution >= 4 is 16.7 Å². The first-order valence-electron chi connectivity index (χ1n) is 9.59. The van der Waals surface area contributed by atoms with Crippen LogP contribution in [0.25, 0.3) is 21.9 Å². The van der Waals surface area contributed by atoms with Gasteiger partial charge in [-0.3, -0.25) is 4.79 Å². The second kappa shape index (κ2) is 7.28. The lowest BCUT2D eigenvalue weighted by atomic mass is 9.96. The van der Waals surface area contributed by atoms with Crippen LogP contribution < -0.4 is 4.74 Å². The summed E-state index contributed by atoms with van der Waals surface area (Å²) in [6.07, 6.45) is 0. The molecule has 1 amide bonds. The molecule has 0 atom stereocenters. The van der Waals surface area contributed by atoms with Crippen LogP contribution in [0.1, 0.15) is 21.5 Å². The molecule has 4 heteroatoms. The largest absolute Gasteiger partial charge is 0.496 e. The van der Waals surface area contributed by atoms with Crippen LogP contribution in [0, 0.1) is 19.8 Å². The van der Waals surface area contributed by atoms with Crippen LogP contribution in [0.15, 0.2) is 48.5 Å². The molecule has 144 valence electrons. The van der Waals surface area contributed by atoms with Gasteiger partial charge in [-0.15, -0.1) is 0 Å². The number of ether oxygens (including phenoxy) is 1. The lowest BCUT2D eigenvalue weighted by Crippen LogP contribution is -2.51. The van der Waals surface area contributed by atoms with E-state index in [9.17, 15) is 4.79 Å². The Bertz CT molecular complexity index is 1030. The molecule has 28 heavy (non-hydrogen) atoms. The number of nitrogens with zero attached hydrogens (tertiary/aromatic N) is 1. The van der Waals surface area contributed by atoms with E-state index in [4.69, 9.17) is 9.84 Å². The van der Waals surface area contributed by atoms with E-state index in [1.807, 2.05) is 18.2 Å². The van der Waals surface area contributed by atoms with Gasteiger partial charge >= 0.3 is 0 Å². The lowest BCUT2D eigenvalue weighted by molar-refractivity contribution is 0.0362. The summed E-state index contributed by atoms with van der Waals surface area (Å²) in [6.45, 7) is 5.55. The molecule has 0 bridgehead atoms. The minimum Gasteiger partial charge on any atom is -0.496 e. The van der Waals surface area contributed by atoms with Crippen LogP contribution in [0.2, 0.25) is 0 Å². The molecule has 0 aromatic heterocycles. The summed E-state index contributed by atoms with van der Waals surface area (Å²) in [6, 6.07) is 16.5. The molecule has 3 aromatic carbocycles. The van der Waals surface area contributed by atoms with Crippen LogP contribution in [0.5, 0.6) is 5.75 Å². The third-order valence-electron chi connectivity index (χ3n) is 5.59. The highest BCUT2D eigenvalue weighted by atomic mass is 16.5. The van der Waals surface area contributed by atoms with Gasteiger partial charge in [0.25, 0.3) is 5.91 Å². The predicted octanol–water partition coefficient (Wildman–Crippen LogP) is 4.20. The fourth-order valence-electron chi connectivity index (χ4n) is 4.03. The molecule has 1 aliphatic heterocycles. The van der Waals surface area contributed by atoms with Crippen molar-refractivity contribution in [2.45, 2.75) is 13.8 Å². The van der Waals surface area contributed by atoms with Gasteiger partial charge in [0.1, 0.15) is 5.75 Å². The number of aliphatic hydroxyl groups excluding tert-OH is 1. The number of hydrogen-bond acceptors (Lipinski definition) is 3. The summed E-state index contributed by atoms with van der Waals surface area (Å²) < 4.78 is 5.47. The number of aliphatic hydroxyl groups is 1. The Hall–Kier alpha value is -2.85. The van der Waals surface area contributed by atoms with Crippen LogP contribution in [0.4, 0.5) is 0 Å². The maximum atomic E-state index is 12.6. The van der Waals surface area contributed by atoms with Gasteiger partial charge < -0.3 is 14.7 Å². The summed E-state index contributed by atoms with van der Waals surface area (Å²) in [5.41, 5.74) is 5.25. The van der Waals surface area contributed by atoms with Crippen molar-refractivity contribution in [1.82, 2.24) is 4.90 Å². The Labute approximate surface area is 165 Å². The third kappa shape index (κ3) is 3.25. The van der Waals surface area contributed by atoms with Gasteiger partial charge in [0.05, 0.1) is 7.11 Å². The fourth-order valence-corrected chi connectivity index (χ4v) is 4.03. The van der Waals surface area contributed by atoms with E-state index < -0.39 is 0 Å². The Morgan fingerprint density at radius 3 is 2.29 bits per heavy atom. The van der Waals surface area contributed by atoms with Gasteiger partial charge in [-0.05, 0) is 77.2 Å². The van der Waals surface area contributed by atoms with E-state index in [1.165, 1.54) is 0 Å². The summed E-state index contributed by atoms with van der Waals surface area (Å²) in [5.74, 6) is 1.20. The van der Waals surface area contributed by atoms with Crippen molar-refractivity contribution in [2.24, 2.45) is 5.92 Å². The first-order valence-corrected chi connectivity index (χ1v) is 9.59. The molecule has 0 unspecified atom stereocenters. The van der Waals surface area contributed by atoms with Crippen molar-refractivity contribution in [1.29, 1.82) is 0 Å². The third-order valence-corrected chi connectivity index (χ3v) is 5.59. The number of benzene rings is 3. The molecule has 1 heterocycles. The van der Waals surface area contributed by atoms with Crippen LogP contribution in [-0.2, 0) is 0 Å². The van der Waals surface area contributed by atoms with Gasteiger partial charge in [-0.25, -0.2) is 0 Å². The Kier molecular flexibility index (Phi) is 4.82. The molecule has 4 nitrogen and oxygen atoms in total. The lowest BCUT2D eigenvalue weighted by Gasteiger charge is -2.38. The standard InChI is InChI=1S/C24H25NO3/c1-15-8-22(9-16(2)23(15)28-3)20-5-4-19-11-21(7-6-18(19)10-20)24(27)25-12-17(13-25)14-26/h4-11,17,26H,12-14H2,1-3H3. The number of carbonyl (C=O) groups is 1. The maximum absolute atomic E-state index is 12.6. The first kappa shape index (κ1) is 18.5. The van der Waals surface area contributed by atoms with Crippen molar-refractivity contribution in [2.75, 3.05) is 26.8 Å². The monoisotopic (exact) mass is 375 g/mol. The van der Waals surface area contributed by atoms with Gasteiger partial charge in [-0.2, -0.15) is 0 Å². The number of likely N-dealkylation sites (tertiary alicyclic amines) is 1. The summed E-state index contributed by atoms with van der Waals surface area (Å²) in [5, 5.41) is 11.3. The van der Waals surface area contributed by atoms with E-state index in [0.717, 1.165) is 38.8 Å². The Balaban J connectivity index is 1.63. The topological polar surface area (TPSA) is 49.8 Å². The fraction of sp³-hybridized carbons (Fsp3) is 0.292. The van der Waals surface area contributed by atoms with Gasteiger partial charge in [0, 0.05) is 31.2 Å². The van der Waals surface area contributed by atoms with Crippen LogP contribution in [-0.4, -0.2) is 42.7 Å². The second-order valence-corrected chi connectivity index (χ2v) is 7.68. The quantitative estimate of drug-likeness (QED) is 0.744. The summed E-state index contributed by atoms with van der Waals surface area (Å²) in [7, 11) is 1.70. The van der Waals surface area contributed by atoms with E-state index in [0.29, 0.717) is 18.7 Å². The molecule has 1 fully saturated rings. The van der Waals surface area contributed by atoms with E-state index in [1.54, 1.807) is 12.0 Å². The molecule has 1 aliphatic rings. The molecular formula is C24H25NO3. The van der Waals surface area contributed by atoms with Crippen LogP contribution in [0.3, 0.4) is 0 Å². The molecule has 0 aliphatic carbocycles. The number of fused-ring (bicyclic) bond motifs is 1. The average molecular weight is 375 g/mol. The van der Waals surface area contributed by atoms with Gasteiger partial charge in [-0.1, -0.05) is 18.2 Å². The summed E-state index contributed by atoms with van der Waals surface area (Å²) >= 11 is 0. The average Bonchev–Trinajstić information content (AvgIpc) is 2.66. The minimum atomic E-state index is 0.0390. The number of hydrogen-bond donors (Lipinski definition) is 1. The first-order chi connectivity index (χ1) is 13.5. The Morgan fingerprint density at radius 2 is 1.64 bits per heavy atom. The van der Waals surface area contributed by atoms with Crippen molar-refractivity contribution in [3.8, 4) is 16.9 Å². The smallest absolute Gasteiger partial charge is 0.253 e. The van der Waals surface area contributed by atoms with E-state index >= 15 is 0 Å². The van der Waals surface area contributed by atoms with Crippen molar-refractivity contribution in [3.05, 3.63) is 65.2 Å². The van der Waals surface area contributed by atoms with Crippen molar-refractivity contribution < 1.29 is 14.6 Å². The van der Waals surface area contributed by atoms with E-state index in [2.05, 4.69) is 44.2 Å². The van der Waals surface area contributed by atoms with Gasteiger partial charge in [0.2, 0.25) is 0 Å². The zero-order valence-corrected chi connectivity index (χ0v) is 16.5. The molecular weight excluding hydrogens is 350 g/mol. The number of amides is 1. The van der Waals surface area contributed by atoms with Crippen molar-refractivity contribution in [3.63, 3.8) is 0 Å². The molecule has 0 saturated carbocycles. The maximum Gasteiger partial charge on any atom is 0.253 e. The molecule has 1 N–H and O–H groups in total. The second-order valence-electron chi connectivity index (χ2n) is 7.68. The zero-order chi connectivity index (χ0) is 19.8. The highest BCUT2D eigenvalue weighted by Gasteiger charge is 2.30. The zero-order valence-electron chi connectivity index (χ0n) is 16.5. The minimum absolute atomic E-state index is 0.0390. The SMILES string of the molecule is COc1c(C)cc(-c2ccc3cc(C(=O)N4CC(CO)C4)ccc3c2)cc1C. The molecule has 3 aromatic rings. The Morgan fingerprint density at radius 1 is 1.00 bits per heavy atom. The molecule has 0 spiro atoms. The number of rotatable bonds is 4. The number of methoxy groups -OCH3 is 1. The number of carbonyl (C=O) groups excluding carboxylic acids is 1. The normalized spacial score (nSPS) is 14.2. The predicted molar refractivity (Wildman–Crippen MR) is 112 cm³/mol. The number of aryl methyl sites for hydroxylation is 2.